The Balaban J connectivity index is 3.56. The lowest BCUT2D eigenvalue weighted by atomic mass is 10.2. The molecule has 0 aromatic heterocycles. The van der Waals surface area contributed by atoms with Crippen LogP contribution in [0.25, 0.3) is 0 Å². The van der Waals surface area contributed by atoms with Gasteiger partial charge in [0.2, 0.25) is 0 Å². The van der Waals surface area contributed by atoms with E-state index < -0.39 is 5.34 Å². The largest absolute Gasteiger partial charge is 0.363 e. The molecule has 0 aromatic carbocycles. The quantitative estimate of drug-likeness (QED) is 0.594. The summed E-state index contributed by atoms with van der Waals surface area (Å²) in [5, 5.41) is -0.510. The summed E-state index contributed by atoms with van der Waals surface area (Å²) in [6.45, 7) is 8.42. The molecule has 0 saturated heterocycles. The van der Waals surface area contributed by atoms with Gasteiger partial charge in [-0.3, -0.25) is 4.57 Å². The fraction of sp³-hybridized carbons (Fsp3) is 1.00. The minimum Gasteiger partial charge on any atom is -0.363 e. The summed E-state index contributed by atoms with van der Waals surface area (Å²) in [6, 6.07) is 0. The third-order valence-electron chi connectivity index (χ3n) is 0.990. The van der Waals surface area contributed by atoms with Crippen molar-refractivity contribution in [2.45, 2.75) is 33.0 Å². The molecule has 0 unspecified atom stereocenters. The fourth-order valence-corrected chi connectivity index (χ4v) is 0.524. The van der Waals surface area contributed by atoms with Gasteiger partial charge >= 0.3 is 0 Å². The number of hydrogen-bond donors (Lipinski definition) is 0. The first-order valence-corrected chi connectivity index (χ1v) is 4.27. The van der Waals surface area contributed by atoms with Crippen LogP contribution in [0.5, 0.6) is 0 Å². The van der Waals surface area contributed by atoms with Crippen molar-refractivity contribution in [1.82, 2.24) is 0 Å². The average Bonchev–Trinajstić information content (AvgIpc) is 1.85. The van der Waals surface area contributed by atoms with E-state index in [1.807, 2.05) is 13.8 Å². The van der Waals surface area contributed by atoms with Crippen LogP contribution in [-0.2, 0) is 9.30 Å². The molecule has 0 aromatic rings. The summed E-state index contributed by atoms with van der Waals surface area (Å²) in [6.07, 6.45) is 0. The van der Waals surface area contributed by atoms with Crippen LogP contribution in [0, 0.1) is 5.92 Å². The Morgan fingerprint density at radius 3 is 2.30 bits per heavy atom. The minimum atomic E-state index is -0.510. The third-order valence-corrected chi connectivity index (χ3v) is 1.56. The zero-order valence-corrected chi connectivity index (χ0v) is 7.94. The molecule has 0 N–H and O–H groups in total. The molecule has 0 rings (SSSR count). The van der Waals surface area contributed by atoms with Crippen LogP contribution in [0.4, 0.5) is 0 Å². The summed E-state index contributed by atoms with van der Waals surface area (Å²) < 4.78 is 15.7. The van der Waals surface area contributed by atoms with Crippen molar-refractivity contribution in [1.29, 1.82) is 0 Å². The van der Waals surface area contributed by atoms with E-state index in [2.05, 4.69) is 13.8 Å². The normalized spacial score (nSPS) is 12.9. The molecule has 2 nitrogen and oxygen atoms in total. The highest BCUT2D eigenvalue weighted by Gasteiger charge is 2.18. The van der Waals surface area contributed by atoms with E-state index in [0.29, 0.717) is 12.5 Å². The zero-order chi connectivity index (χ0) is 8.20. The molecular formula is C7H15O2P. The lowest BCUT2D eigenvalue weighted by Gasteiger charge is -2.17. The molecule has 0 aliphatic carbocycles. The summed E-state index contributed by atoms with van der Waals surface area (Å²) in [5.74, 6) is 0.501. The molecule has 0 fully saturated rings. The molecule has 0 radical (unpaired) electrons. The molecule has 0 heterocycles. The first-order valence-electron chi connectivity index (χ1n) is 3.46. The molecular weight excluding hydrogens is 147 g/mol. The van der Waals surface area contributed by atoms with Gasteiger partial charge < -0.3 is 4.74 Å². The van der Waals surface area contributed by atoms with Crippen LogP contribution >= 0.6 is 8.46 Å². The molecule has 0 spiro atoms. The van der Waals surface area contributed by atoms with Crippen molar-refractivity contribution in [3.8, 4) is 0 Å². The maximum Gasteiger partial charge on any atom is 0.190 e. The topological polar surface area (TPSA) is 26.3 Å². The lowest BCUT2D eigenvalue weighted by Crippen LogP contribution is -2.19. The summed E-state index contributed by atoms with van der Waals surface area (Å²) in [4.78, 5) is 0. The van der Waals surface area contributed by atoms with Gasteiger partial charge in [-0.1, -0.05) is 13.8 Å². The molecule has 0 atom stereocenters. The Morgan fingerprint density at radius 2 is 2.00 bits per heavy atom. The number of rotatable bonds is 4. The fourth-order valence-electron chi connectivity index (χ4n) is 0.397. The van der Waals surface area contributed by atoms with Gasteiger partial charge in [0.1, 0.15) is 5.34 Å². The Morgan fingerprint density at radius 1 is 1.50 bits per heavy atom. The zero-order valence-electron chi connectivity index (χ0n) is 7.05. The van der Waals surface area contributed by atoms with E-state index in [1.54, 1.807) is 0 Å². The second-order valence-corrected chi connectivity index (χ2v) is 4.50. The number of hydrogen-bond acceptors (Lipinski definition) is 2. The van der Waals surface area contributed by atoms with E-state index in [0.717, 1.165) is 0 Å². The van der Waals surface area contributed by atoms with Crippen LogP contribution in [-0.4, -0.2) is 11.9 Å². The van der Waals surface area contributed by atoms with E-state index in [-0.39, 0.29) is 8.46 Å². The summed E-state index contributed by atoms with van der Waals surface area (Å²) in [5.41, 5.74) is 0. The Hall–Kier alpha value is 0.0600. The van der Waals surface area contributed by atoms with Crippen LogP contribution in [0.3, 0.4) is 0 Å². The molecule has 10 heavy (non-hydrogen) atoms. The second kappa shape index (κ2) is 4.05. The summed E-state index contributed by atoms with van der Waals surface area (Å²) >= 11 is 0. The molecule has 0 amide bonds. The van der Waals surface area contributed by atoms with Crippen LogP contribution < -0.4 is 0 Å². The van der Waals surface area contributed by atoms with E-state index in [1.165, 1.54) is 0 Å². The SMILES string of the molecule is CC(C)COC(C)(C)P=O. The van der Waals surface area contributed by atoms with Crippen molar-refractivity contribution in [2.24, 2.45) is 5.92 Å². The molecule has 0 aliphatic heterocycles. The van der Waals surface area contributed by atoms with Crippen molar-refractivity contribution < 1.29 is 9.30 Å². The Labute approximate surface area is 64.2 Å². The maximum absolute atomic E-state index is 10.4. The average molecular weight is 162 g/mol. The van der Waals surface area contributed by atoms with Crippen LogP contribution in [0.15, 0.2) is 0 Å². The number of ether oxygens (including phenoxy) is 1. The second-order valence-electron chi connectivity index (χ2n) is 3.24. The van der Waals surface area contributed by atoms with Gasteiger partial charge in [-0.25, -0.2) is 0 Å². The molecule has 60 valence electrons. The predicted molar refractivity (Wildman–Crippen MR) is 42.5 cm³/mol. The molecule has 0 bridgehead atoms. The van der Waals surface area contributed by atoms with E-state index in [4.69, 9.17) is 4.74 Å². The van der Waals surface area contributed by atoms with Crippen LogP contribution in [0.2, 0.25) is 0 Å². The van der Waals surface area contributed by atoms with Gasteiger partial charge in [0.05, 0.1) is 6.61 Å². The molecule has 0 saturated carbocycles. The summed E-state index contributed by atoms with van der Waals surface area (Å²) in [7, 11) is 0.0543. The van der Waals surface area contributed by atoms with Gasteiger partial charge in [-0.2, -0.15) is 0 Å². The first kappa shape index (κ1) is 10.1. The first-order chi connectivity index (χ1) is 4.48. The van der Waals surface area contributed by atoms with Crippen molar-refractivity contribution in [2.75, 3.05) is 6.61 Å². The molecule has 3 heteroatoms. The maximum atomic E-state index is 10.4. The Kier molecular flexibility index (Phi) is 4.07. The highest BCUT2D eigenvalue weighted by molar-refractivity contribution is 7.25. The monoisotopic (exact) mass is 162 g/mol. The predicted octanol–water partition coefficient (Wildman–Crippen LogP) is 2.69. The van der Waals surface area contributed by atoms with Gasteiger partial charge in [0.15, 0.2) is 8.46 Å². The lowest BCUT2D eigenvalue weighted by molar-refractivity contribution is 0.0306. The molecule has 0 aliphatic rings. The third kappa shape index (κ3) is 4.89. The van der Waals surface area contributed by atoms with Crippen LogP contribution in [0.1, 0.15) is 27.7 Å². The smallest absolute Gasteiger partial charge is 0.190 e. The van der Waals surface area contributed by atoms with E-state index in [9.17, 15) is 4.57 Å². The minimum absolute atomic E-state index is 0.0543. The van der Waals surface area contributed by atoms with Gasteiger partial charge in [0.25, 0.3) is 0 Å². The Bertz CT molecular complexity index is 110. The highest BCUT2D eigenvalue weighted by atomic mass is 31.1. The van der Waals surface area contributed by atoms with Gasteiger partial charge in [-0.15, -0.1) is 0 Å². The van der Waals surface area contributed by atoms with E-state index >= 15 is 0 Å². The van der Waals surface area contributed by atoms with Crippen molar-refractivity contribution >= 4 is 8.46 Å². The van der Waals surface area contributed by atoms with Gasteiger partial charge in [-0.05, 0) is 19.8 Å². The van der Waals surface area contributed by atoms with Crippen molar-refractivity contribution in [3.05, 3.63) is 0 Å². The highest BCUT2D eigenvalue weighted by Crippen LogP contribution is 2.23. The van der Waals surface area contributed by atoms with Crippen molar-refractivity contribution in [3.63, 3.8) is 0 Å². The standard InChI is InChI=1S/C7H15O2P/c1-6(2)5-9-7(3,4)10-8/h6H,5H2,1-4H3. The van der Waals surface area contributed by atoms with Gasteiger partial charge in [0, 0.05) is 0 Å².